The van der Waals surface area contributed by atoms with E-state index >= 15 is 0 Å². The topological polar surface area (TPSA) is 94.9 Å². The molecule has 0 aliphatic carbocycles. The molecular formula is C22H28N6O3. The van der Waals surface area contributed by atoms with Crippen LogP contribution in [0.5, 0.6) is 0 Å². The summed E-state index contributed by atoms with van der Waals surface area (Å²) in [5.41, 5.74) is 2.78. The fraction of sp³-hybridized carbons (Fsp3) is 0.455. The van der Waals surface area contributed by atoms with Gasteiger partial charge in [-0.05, 0) is 40.9 Å². The predicted octanol–water partition coefficient (Wildman–Crippen LogP) is 3.72. The van der Waals surface area contributed by atoms with Gasteiger partial charge in [-0.1, -0.05) is 25.0 Å². The van der Waals surface area contributed by atoms with Crippen molar-refractivity contribution in [1.82, 2.24) is 9.88 Å². The van der Waals surface area contributed by atoms with Crippen molar-refractivity contribution in [3.63, 3.8) is 0 Å². The van der Waals surface area contributed by atoms with Crippen molar-refractivity contribution in [2.75, 3.05) is 54.4 Å². The normalized spacial score (nSPS) is 17.2. The van der Waals surface area contributed by atoms with Gasteiger partial charge in [-0.25, -0.2) is 4.79 Å². The molecule has 2 aliphatic rings. The molecule has 0 bridgehead atoms. The minimum absolute atomic E-state index is 0.0938. The number of aromatic nitrogens is 1. The molecule has 2 aromatic rings. The van der Waals surface area contributed by atoms with Crippen molar-refractivity contribution in [1.29, 1.82) is 0 Å². The molecule has 3 heterocycles. The number of piperazine rings is 1. The van der Waals surface area contributed by atoms with Crippen LogP contribution in [0.25, 0.3) is 0 Å². The maximum absolute atomic E-state index is 12.9. The monoisotopic (exact) mass is 424 g/mol. The van der Waals surface area contributed by atoms with Crippen molar-refractivity contribution in [2.24, 2.45) is 0 Å². The van der Waals surface area contributed by atoms with Gasteiger partial charge in [0.15, 0.2) is 6.20 Å². The minimum atomic E-state index is -0.504. The third-order valence-corrected chi connectivity index (χ3v) is 5.94. The maximum Gasteiger partial charge on any atom is 0.363 e. The molecular weight excluding hydrogens is 396 g/mol. The van der Waals surface area contributed by atoms with Crippen LogP contribution in [0.3, 0.4) is 0 Å². The van der Waals surface area contributed by atoms with Gasteiger partial charge < -0.3 is 30.1 Å². The average Bonchev–Trinajstić information content (AvgIpc) is 3.09. The van der Waals surface area contributed by atoms with Gasteiger partial charge in [0, 0.05) is 45.3 Å². The maximum atomic E-state index is 12.9. The zero-order valence-corrected chi connectivity index (χ0v) is 17.6. The zero-order chi connectivity index (χ0) is 21.6. The zero-order valence-electron chi connectivity index (χ0n) is 17.6. The van der Waals surface area contributed by atoms with Gasteiger partial charge in [-0.3, -0.25) is 0 Å². The highest BCUT2D eigenvalue weighted by Gasteiger charge is 2.23. The van der Waals surface area contributed by atoms with Crippen LogP contribution in [0.2, 0.25) is 0 Å². The van der Waals surface area contributed by atoms with E-state index in [2.05, 4.69) is 26.2 Å². The number of rotatable bonds is 4. The molecule has 0 spiro atoms. The lowest BCUT2D eigenvalue weighted by molar-refractivity contribution is -0.389. The van der Waals surface area contributed by atoms with Gasteiger partial charge in [0.05, 0.1) is 17.1 Å². The van der Waals surface area contributed by atoms with E-state index in [-0.39, 0.29) is 11.8 Å². The number of anilines is 3. The highest BCUT2D eigenvalue weighted by molar-refractivity contribution is 5.93. The summed E-state index contributed by atoms with van der Waals surface area (Å²) in [5.74, 6) is -0.162. The second-order valence-corrected chi connectivity index (χ2v) is 7.95. The van der Waals surface area contributed by atoms with Crippen LogP contribution in [-0.4, -0.2) is 60.1 Å². The van der Waals surface area contributed by atoms with E-state index in [1.165, 1.54) is 37.9 Å². The molecule has 1 aromatic heterocycles. The Labute approximate surface area is 181 Å². The lowest BCUT2D eigenvalue weighted by Crippen LogP contribution is -2.50. The number of carbonyl (C=O) groups is 1. The van der Waals surface area contributed by atoms with E-state index in [1.807, 2.05) is 23.1 Å². The van der Waals surface area contributed by atoms with E-state index in [9.17, 15) is 14.9 Å². The van der Waals surface area contributed by atoms with Crippen molar-refractivity contribution in [3.05, 3.63) is 52.7 Å². The quantitative estimate of drug-likeness (QED) is 0.594. The van der Waals surface area contributed by atoms with Crippen LogP contribution in [0.4, 0.5) is 27.7 Å². The second kappa shape index (κ2) is 9.63. The Bertz CT molecular complexity index is 904. The van der Waals surface area contributed by atoms with Crippen LogP contribution in [0, 0.1) is 10.1 Å². The van der Waals surface area contributed by atoms with Crippen LogP contribution in [0.1, 0.15) is 25.7 Å². The summed E-state index contributed by atoms with van der Waals surface area (Å²) in [6, 6.07) is 11.1. The van der Waals surface area contributed by atoms with Gasteiger partial charge in [0.1, 0.15) is 0 Å². The van der Waals surface area contributed by atoms with Crippen molar-refractivity contribution >= 4 is 28.9 Å². The van der Waals surface area contributed by atoms with Crippen molar-refractivity contribution < 1.29 is 9.72 Å². The molecule has 9 nitrogen and oxygen atoms in total. The van der Waals surface area contributed by atoms with Gasteiger partial charge in [-0.15, -0.1) is 0 Å². The largest absolute Gasteiger partial charge is 0.370 e. The van der Waals surface area contributed by atoms with E-state index in [0.29, 0.717) is 26.2 Å². The second-order valence-electron chi connectivity index (χ2n) is 7.95. The lowest BCUT2D eigenvalue weighted by atomic mass is 10.2. The first-order chi connectivity index (χ1) is 15.1. The molecule has 164 valence electrons. The summed E-state index contributed by atoms with van der Waals surface area (Å²) in [4.78, 5) is 33.4. The predicted molar refractivity (Wildman–Crippen MR) is 121 cm³/mol. The number of amides is 2. The lowest BCUT2D eigenvalue weighted by Gasteiger charge is -2.35. The number of urea groups is 1. The number of hydrogen-bond donors (Lipinski definition) is 1. The van der Waals surface area contributed by atoms with Gasteiger partial charge in [-0.2, -0.15) is 0 Å². The Hall–Kier alpha value is -3.36. The van der Waals surface area contributed by atoms with Gasteiger partial charge in [0.25, 0.3) is 0 Å². The molecule has 1 aromatic carbocycles. The fourth-order valence-corrected chi connectivity index (χ4v) is 4.20. The number of para-hydroxylation sites is 2. The van der Waals surface area contributed by atoms with Crippen LogP contribution in [0.15, 0.2) is 42.6 Å². The molecule has 31 heavy (non-hydrogen) atoms. The highest BCUT2D eigenvalue weighted by Crippen LogP contribution is 2.28. The standard InChI is InChI=1S/C22H28N6O3/c29-22(24-19-7-3-4-8-20(19)26-11-5-1-2-6-12-26)27-15-13-25(14-16-27)18-9-10-21(23-17-18)28(30)31/h3-4,7-10,17H,1-2,5-6,11-16H2,(H,24,29). The van der Waals surface area contributed by atoms with Gasteiger partial charge >= 0.3 is 11.8 Å². The SMILES string of the molecule is O=C(Nc1ccccc1N1CCCCCC1)N1CCN(c2ccc([N+](=O)[O-])nc2)CC1. The fourth-order valence-electron chi connectivity index (χ4n) is 4.20. The first kappa shape index (κ1) is 20.9. The summed E-state index contributed by atoms with van der Waals surface area (Å²) < 4.78 is 0. The number of carbonyl (C=O) groups excluding carboxylic acids is 1. The molecule has 0 atom stereocenters. The number of hydrogen-bond acceptors (Lipinski definition) is 6. The molecule has 0 unspecified atom stereocenters. The Morgan fingerprint density at radius 3 is 2.26 bits per heavy atom. The Morgan fingerprint density at radius 2 is 1.61 bits per heavy atom. The van der Waals surface area contributed by atoms with Crippen molar-refractivity contribution in [2.45, 2.75) is 25.7 Å². The Morgan fingerprint density at radius 1 is 0.903 bits per heavy atom. The van der Waals surface area contributed by atoms with Crippen molar-refractivity contribution in [3.8, 4) is 0 Å². The number of nitro groups is 1. The smallest absolute Gasteiger partial charge is 0.363 e. The molecule has 9 heteroatoms. The molecule has 2 aliphatic heterocycles. The molecule has 2 amide bonds. The van der Waals surface area contributed by atoms with E-state index in [0.717, 1.165) is 30.2 Å². The van der Waals surface area contributed by atoms with Crippen LogP contribution in [-0.2, 0) is 0 Å². The molecule has 2 fully saturated rings. The molecule has 0 radical (unpaired) electrons. The molecule has 0 saturated carbocycles. The number of benzene rings is 1. The van der Waals surface area contributed by atoms with E-state index in [4.69, 9.17) is 0 Å². The first-order valence-corrected chi connectivity index (χ1v) is 10.9. The Kier molecular flexibility index (Phi) is 6.49. The summed E-state index contributed by atoms with van der Waals surface area (Å²) in [6.45, 7) is 4.51. The number of nitrogens with one attached hydrogen (secondary N) is 1. The van der Waals surface area contributed by atoms with E-state index < -0.39 is 4.92 Å². The molecule has 1 N–H and O–H groups in total. The Balaban J connectivity index is 1.36. The van der Waals surface area contributed by atoms with Crippen LogP contribution >= 0.6 is 0 Å². The molecule has 2 saturated heterocycles. The average molecular weight is 425 g/mol. The van der Waals surface area contributed by atoms with E-state index in [1.54, 1.807) is 6.07 Å². The molecule has 4 rings (SSSR count). The number of nitrogens with zero attached hydrogens (tertiary/aromatic N) is 5. The number of pyridine rings is 1. The third-order valence-electron chi connectivity index (χ3n) is 5.94. The minimum Gasteiger partial charge on any atom is -0.370 e. The summed E-state index contributed by atoms with van der Waals surface area (Å²) in [5, 5.41) is 13.9. The first-order valence-electron chi connectivity index (χ1n) is 10.9. The summed E-state index contributed by atoms with van der Waals surface area (Å²) >= 11 is 0. The third kappa shape index (κ3) is 5.04. The highest BCUT2D eigenvalue weighted by atomic mass is 16.6. The van der Waals surface area contributed by atoms with Crippen LogP contribution < -0.4 is 15.1 Å². The van der Waals surface area contributed by atoms with Gasteiger partial charge in [0.2, 0.25) is 0 Å². The summed E-state index contributed by atoms with van der Waals surface area (Å²) in [7, 11) is 0. The summed E-state index contributed by atoms with van der Waals surface area (Å²) in [6.07, 6.45) is 6.41.